The van der Waals surface area contributed by atoms with Crippen LogP contribution in [0.1, 0.15) is 5.56 Å². The van der Waals surface area contributed by atoms with Crippen LogP contribution < -0.4 is 14.9 Å². The lowest BCUT2D eigenvalue weighted by Gasteiger charge is -2.11. The highest BCUT2D eigenvalue weighted by Crippen LogP contribution is 2.32. The number of aryl methyl sites for hydroxylation is 1. The molecule has 92 valence electrons. The van der Waals surface area contributed by atoms with Gasteiger partial charge in [0, 0.05) is 6.07 Å². The number of hydrogen-bond acceptors (Lipinski definition) is 6. The second kappa shape index (κ2) is 6.12. The Kier molecular flexibility index (Phi) is 4.53. The zero-order valence-corrected chi connectivity index (χ0v) is 10.3. The van der Waals surface area contributed by atoms with Gasteiger partial charge >= 0.3 is 0 Å². The Balaban J connectivity index is 3.09. The van der Waals surface area contributed by atoms with E-state index in [9.17, 15) is 0 Å². The minimum atomic E-state index is -0.246. The summed E-state index contributed by atoms with van der Waals surface area (Å²) in [6.07, 6.45) is 0. The molecule has 0 aliphatic carbocycles. The molecule has 0 aliphatic rings. The summed E-state index contributed by atoms with van der Waals surface area (Å²) in [6, 6.07) is 6.78. The van der Waals surface area contributed by atoms with Crippen LogP contribution in [0.15, 0.2) is 17.2 Å². The van der Waals surface area contributed by atoms with Gasteiger partial charge in [-0.15, -0.1) is 0 Å². The number of benzene rings is 1. The maximum Gasteiger partial charge on any atom is 0.237 e. The molecule has 1 rings (SSSR count). The second-order valence-electron chi connectivity index (χ2n) is 3.32. The van der Waals surface area contributed by atoms with Crippen LogP contribution in [0, 0.1) is 29.6 Å². The lowest BCUT2D eigenvalue weighted by atomic mass is 10.2. The van der Waals surface area contributed by atoms with Crippen molar-refractivity contribution in [3.63, 3.8) is 0 Å². The van der Waals surface area contributed by atoms with E-state index < -0.39 is 0 Å². The summed E-state index contributed by atoms with van der Waals surface area (Å²) in [4.78, 5) is 0. The highest BCUT2D eigenvalue weighted by molar-refractivity contribution is 6.10. The second-order valence-corrected chi connectivity index (χ2v) is 3.32. The Morgan fingerprint density at radius 3 is 2.22 bits per heavy atom. The molecule has 6 nitrogen and oxygen atoms in total. The van der Waals surface area contributed by atoms with Crippen LogP contribution in [0.25, 0.3) is 0 Å². The van der Waals surface area contributed by atoms with Crippen molar-refractivity contribution in [2.24, 2.45) is 5.10 Å². The molecule has 0 saturated carbocycles. The van der Waals surface area contributed by atoms with Crippen molar-refractivity contribution < 1.29 is 9.47 Å². The fourth-order valence-corrected chi connectivity index (χ4v) is 1.29. The number of rotatable bonds is 4. The Morgan fingerprint density at radius 2 is 1.72 bits per heavy atom. The third-order valence-corrected chi connectivity index (χ3v) is 2.23. The van der Waals surface area contributed by atoms with Gasteiger partial charge in [0.2, 0.25) is 5.71 Å². The van der Waals surface area contributed by atoms with Crippen LogP contribution in [0.2, 0.25) is 0 Å². The topological polar surface area (TPSA) is 90.4 Å². The number of nitrogens with one attached hydrogen (secondary N) is 1. The first-order chi connectivity index (χ1) is 8.65. The van der Waals surface area contributed by atoms with Crippen molar-refractivity contribution >= 4 is 11.4 Å². The molecule has 18 heavy (non-hydrogen) atoms. The van der Waals surface area contributed by atoms with E-state index in [-0.39, 0.29) is 5.71 Å². The molecule has 0 aliphatic heterocycles. The van der Waals surface area contributed by atoms with Crippen molar-refractivity contribution in [3.8, 4) is 23.6 Å². The van der Waals surface area contributed by atoms with Gasteiger partial charge in [-0.25, -0.2) is 0 Å². The van der Waals surface area contributed by atoms with Crippen molar-refractivity contribution in [1.29, 1.82) is 10.5 Å². The fraction of sp³-hybridized carbons (Fsp3) is 0.250. The highest BCUT2D eigenvalue weighted by atomic mass is 16.5. The average Bonchev–Trinajstić information content (AvgIpc) is 2.40. The van der Waals surface area contributed by atoms with Crippen LogP contribution in [0.5, 0.6) is 11.5 Å². The summed E-state index contributed by atoms with van der Waals surface area (Å²) < 4.78 is 10.3. The minimum absolute atomic E-state index is 0.246. The van der Waals surface area contributed by atoms with Crippen LogP contribution >= 0.6 is 0 Å². The maximum absolute atomic E-state index is 8.57. The highest BCUT2D eigenvalue weighted by Gasteiger charge is 2.08. The predicted molar refractivity (Wildman–Crippen MR) is 66.6 cm³/mol. The van der Waals surface area contributed by atoms with Gasteiger partial charge in [0.1, 0.15) is 12.1 Å². The zero-order valence-electron chi connectivity index (χ0n) is 10.3. The van der Waals surface area contributed by atoms with E-state index in [1.54, 1.807) is 31.4 Å². The normalized spacial score (nSPS) is 8.72. The number of nitriles is 2. The summed E-state index contributed by atoms with van der Waals surface area (Å²) in [5.41, 5.74) is 3.89. The lowest BCUT2D eigenvalue weighted by Crippen LogP contribution is -1.99. The Hall–Kier alpha value is -2.73. The summed E-state index contributed by atoms with van der Waals surface area (Å²) in [7, 11) is 3.07. The molecule has 6 heteroatoms. The molecule has 0 amide bonds. The molecule has 0 unspecified atom stereocenters. The fourth-order valence-electron chi connectivity index (χ4n) is 1.29. The van der Waals surface area contributed by atoms with E-state index in [1.807, 2.05) is 6.92 Å². The largest absolute Gasteiger partial charge is 0.493 e. The molecule has 0 bridgehead atoms. The maximum atomic E-state index is 8.57. The first-order valence-corrected chi connectivity index (χ1v) is 5.02. The SMILES string of the molecule is COc1cc(C)c(NN=C(C#N)C#N)cc1OC. The number of hydrogen-bond donors (Lipinski definition) is 1. The predicted octanol–water partition coefficient (Wildman–Crippen LogP) is 1.83. The zero-order chi connectivity index (χ0) is 13.5. The van der Waals surface area contributed by atoms with Gasteiger partial charge in [0.05, 0.1) is 19.9 Å². The van der Waals surface area contributed by atoms with Gasteiger partial charge < -0.3 is 9.47 Å². The molecule has 0 radical (unpaired) electrons. The van der Waals surface area contributed by atoms with Crippen LogP contribution in [-0.4, -0.2) is 19.9 Å². The first kappa shape index (κ1) is 13.3. The molecule has 0 atom stereocenters. The number of anilines is 1. The number of ether oxygens (including phenoxy) is 2. The molecule has 1 aromatic rings. The van der Waals surface area contributed by atoms with Crippen molar-refractivity contribution in [2.45, 2.75) is 6.92 Å². The third kappa shape index (κ3) is 2.89. The first-order valence-electron chi connectivity index (χ1n) is 5.02. The van der Waals surface area contributed by atoms with E-state index in [1.165, 1.54) is 7.11 Å². The van der Waals surface area contributed by atoms with Gasteiger partial charge in [-0.1, -0.05) is 0 Å². The van der Waals surface area contributed by atoms with Crippen molar-refractivity contribution in [3.05, 3.63) is 17.7 Å². The van der Waals surface area contributed by atoms with Crippen molar-refractivity contribution in [2.75, 3.05) is 19.6 Å². The Bertz CT molecular complexity index is 536. The smallest absolute Gasteiger partial charge is 0.237 e. The summed E-state index contributed by atoms with van der Waals surface area (Å²) >= 11 is 0. The van der Waals surface area contributed by atoms with Crippen molar-refractivity contribution in [1.82, 2.24) is 0 Å². The van der Waals surface area contributed by atoms with E-state index in [0.717, 1.165) is 5.56 Å². The lowest BCUT2D eigenvalue weighted by molar-refractivity contribution is 0.355. The molecule has 0 heterocycles. The Labute approximate surface area is 105 Å². The number of nitrogens with zero attached hydrogens (tertiary/aromatic N) is 3. The summed E-state index contributed by atoms with van der Waals surface area (Å²) in [5, 5.41) is 20.8. The van der Waals surface area contributed by atoms with Crippen LogP contribution in [0.4, 0.5) is 5.69 Å². The van der Waals surface area contributed by atoms with Gasteiger partial charge in [0.25, 0.3) is 0 Å². The van der Waals surface area contributed by atoms with E-state index in [0.29, 0.717) is 17.2 Å². The monoisotopic (exact) mass is 244 g/mol. The van der Waals surface area contributed by atoms with Gasteiger partial charge in [-0.05, 0) is 18.6 Å². The van der Waals surface area contributed by atoms with Gasteiger partial charge in [-0.2, -0.15) is 15.6 Å². The van der Waals surface area contributed by atoms with Gasteiger partial charge in [0.15, 0.2) is 11.5 Å². The number of hydrazone groups is 1. The molecule has 1 aromatic carbocycles. The number of methoxy groups -OCH3 is 2. The van der Waals surface area contributed by atoms with Gasteiger partial charge in [-0.3, -0.25) is 5.43 Å². The van der Waals surface area contributed by atoms with E-state index in [2.05, 4.69) is 10.5 Å². The Morgan fingerprint density at radius 1 is 1.17 bits per heavy atom. The molecule has 1 N–H and O–H groups in total. The molecular formula is C12H12N4O2. The molecule has 0 fully saturated rings. The average molecular weight is 244 g/mol. The molecule has 0 aromatic heterocycles. The standard InChI is InChI=1S/C12H12N4O2/c1-8-4-11(17-2)12(18-3)5-10(8)16-15-9(6-13)7-14/h4-5,16H,1-3H3. The van der Waals surface area contributed by atoms with E-state index >= 15 is 0 Å². The summed E-state index contributed by atoms with van der Waals surface area (Å²) in [6.45, 7) is 1.85. The molecular weight excluding hydrogens is 232 g/mol. The summed E-state index contributed by atoms with van der Waals surface area (Å²) in [5.74, 6) is 1.14. The quantitative estimate of drug-likeness (QED) is 0.644. The van der Waals surface area contributed by atoms with E-state index in [4.69, 9.17) is 20.0 Å². The third-order valence-electron chi connectivity index (χ3n) is 2.23. The molecule has 0 saturated heterocycles. The van der Waals surface area contributed by atoms with Crippen LogP contribution in [-0.2, 0) is 0 Å². The minimum Gasteiger partial charge on any atom is -0.493 e. The van der Waals surface area contributed by atoms with Crippen LogP contribution in [0.3, 0.4) is 0 Å². The molecule has 0 spiro atoms.